The lowest BCUT2D eigenvalue weighted by Crippen LogP contribution is -2.39. The second kappa shape index (κ2) is 22.9. The van der Waals surface area contributed by atoms with Gasteiger partial charge in [-0.15, -0.1) is 0 Å². The van der Waals surface area contributed by atoms with Crippen LogP contribution in [0.1, 0.15) is 82.7 Å². The molecule has 418 valence electrons. The van der Waals surface area contributed by atoms with Gasteiger partial charge >= 0.3 is 40.3 Å². The van der Waals surface area contributed by atoms with Gasteiger partial charge < -0.3 is 29.4 Å². The molecule has 0 atom stereocenters. The van der Waals surface area contributed by atoms with Gasteiger partial charge in [0.1, 0.15) is 15.0 Å². The molecule has 4 aromatic rings. The maximum absolute atomic E-state index is 12.9. The Hall–Kier alpha value is -7.61. The van der Waals surface area contributed by atoms with E-state index in [2.05, 4.69) is 14.2 Å². The number of amides is 1. The summed E-state index contributed by atoms with van der Waals surface area (Å²) in [7, 11) is -8.94. The Kier molecular flexibility index (Phi) is 17.6. The number of Topliss-reactive ketones (excluding diaryl/α,β-unsaturated/α-hetero) is 1. The minimum absolute atomic E-state index is 0.00939. The number of carbonyl (C=O) groups excluding carboxylic acids is 7. The largest absolute Gasteiger partial charge is 0.744 e. The quantitative estimate of drug-likeness (QED) is 0.0553. The van der Waals surface area contributed by atoms with Gasteiger partial charge in [-0.3, -0.25) is 19.2 Å². The van der Waals surface area contributed by atoms with E-state index < -0.39 is 95.0 Å². The molecule has 5 aliphatic rings. The van der Waals surface area contributed by atoms with Crippen LogP contribution in [0, 0.1) is 0 Å². The number of aliphatic imine (C=N–C) groups is 2. The number of nitrogens with one attached hydrogen (secondary N) is 1. The Bertz CT molecular complexity index is 3910. The van der Waals surface area contributed by atoms with Crippen LogP contribution in [0.5, 0.6) is 11.5 Å². The standard InChI is InChI=1S/C25H19Cl2NO8S.C18H13Cl2F3N2O3.C7H4O4S.CO2/c1-25(2)14-9-19(30)11(7-16(14)28-17-10-15(26)23(31)22(27)21(17)25)4-6-18(29)13-5-3-12(24(32)33)8-20(13)37(34,35)36;1-17(2)8-4-12(26)7(6-24-16(28)18(21,22)23)3-10(8)25-11-5-9(19)15(27)14(20)13(11)17;8-7-5-3-1-2-4-6(5)12(9,10)11-7;2-1-3/h3,5,7-10,31H,4,6H2,1-2H3,(H,32,33)(H,34,35,36);3-5,27H,6H2,1-2H3,(H,24,28);1-4H;/p-1. The fraction of sp³-hybridized carbons (Fsp3) is 0.196. The first kappa shape index (κ1) is 61.6. The number of halogens is 7. The Balaban J connectivity index is 0.000000209. The number of phenols is 2. The molecule has 0 fully saturated rings. The van der Waals surface area contributed by atoms with Gasteiger partial charge in [-0.25, -0.2) is 28.0 Å². The fourth-order valence-electron chi connectivity index (χ4n) is 8.62. The minimum Gasteiger partial charge on any atom is -0.744 e. The summed E-state index contributed by atoms with van der Waals surface area (Å²) in [6.45, 7) is 6.57. The second-order valence-electron chi connectivity index (χ2n) is 18.2. The van der Waals surface area contributed by atoms with E-state index in [0.717, 1.165) is 12.1 Å². The summed E-state index contributed by atoms with van der Waals surface area (Å²) in [5, 5.41) is 31.0. The second-order valence-corrected chi connectivity index (χ2v) is 22.7. The van der Waals surface area contributed by atoms with Gasteiger partial charge in [-0.2, -0.15) is 31.2 Å². The van der Waals surface area contributed by atoms with Crippen LogP contribution in [0.25, 0.3) is 0 Å². The Morgan fingerprint density at radius 3 is 1.71 bits per heavy atom. The van der Waals surface area contributed by atoms with Crippen molar-refractivity contribution in [3.8, 4) is 11.5 Å². The number of carboxylic acids is 1. The molecule has 0 saturated carbocycles. The van der Waals surface area contributed by atoms with Gasteiger partial charge in [0.05, 0.1) is 58.9 Å². The SMILES string of the molecule is CC1(C)C2=CC(=O)C(CCC(=O)c3ccc(C(=O)O)cc3S(=O)(=O)[O-])=CC2=Nc2cc(Cl)c(O)c(Cl)c21.CC1(C)C2=CC(=O)C(CNC(=O)C(F)(F)F)=CC2=Nc2cc(Cl)c(O)c(Cl)c21.O=C1OS(=O)(=O)c2ccccc21.O=C=O. The van der Waals surface area contributed by atoms with Crippen molar-refractivity contribution in [3.05, 3.63) is 149 Å². The summed E-state index contributed by atoms with van der Waals surface area (Å²) in [5.74, 6) is -6.69. The molecule has 4 N–H and O–H groups in total. The van der Waals surface area contributed by atoms with E-state index in [1.54, 1.807) is 31.3 Å². The Morgan fingerprint density at radius 1 is 0.775 bits per heavy atom. The van der Waals surface area contributed by atoms with E-state index in [4.69, 9.17) is 61.1 Å². The molecule has 20 nitrogen and oxygen atoms in total. The molecule has 80 heavy (non-hydrogen) atoms. The number of nitrogens with zero attached hydrogens (tertiary/aromatic N) is 2. The summed E-state index contributed by atoms with van der Waals surface area (Å²) in [6.07, 6.45) is 0.255. The predicted molar refractivity (Wildman–Crippen MR) is 277 cm³/mol. The highest BCUT2D eigenvalue weighted by molar-refractivity contribution is 7.87. The molecule has 4 aromatic carbocycles. The topological polar surface area (TPSA) is 335 Å². The fourth-order valence-corrected chi connectivity index (χ4v) is 11.8. The van der Waals surface area contributed by atoms with Gasteiger partial charge in [0.15, 0.2) is 28.8 Å². The summed E-state index contributed by atoms with van der Waals surface area (Å²) in [4.78, 5) is 95.4. The van der Waals surface area contributed by atoms with Crippen LogP contribution in [0.4, 0.5) is 24.5 Å². The number of hydrogen-bond acceptors (Lipinski definition) is 18. The highest BCUT2D eigenvalue weighted by Gasteiger charge is 2.43. The number of aromatic carboxylic acids is 1. The number of fused-ring (bicyclic) bond motifs is 5. The van der Waals surface area contributed by atoms with E-state index in [1.165, 1.54) is 48.6 Å². The van der Waals surface area contributed by atoms with Crippen molar-refractivity contribution < 1.29 is 92.4 Å². The van der Waals surface area contributed by atoms with E-state index in [9.17, 15) is 73.5 Å². The van der Waals surface area contributed by atoms with Gasteiger partial charge in [0.25, 0.3) is 0 Å². The lowest BCUT2D eigenvalue weighted by molar-refractivity contribution is -0.191. The zero-order valence-electron chi connectivity index (χ0n) is 41.0. The summed E-state index contributed by atoms with van der Waals surface area (Å²) in [5.41, 5.74) is 1.29. The molecular weight excluding hydrogens is 1190 g/mol. The molecule has 2 aliphatic carbocycles. The smallest absolute Gasteiger partial charge is 0.471 e. The number of allylic oxidation sites excluding steroid dienone is 7. The number of rotatable bonds is 8. The molecule has 0 unspecified atom stereocenters. The van der Waals surface area contributed by atoms with Crippen molar-refractivity contribution in [2.24, 2.45) is 9.98 Å². The first-order valence-corrected chi connectivity index (χ1v) is 26.7. The van der Waals surface area contributed by atoms with Crippen molar-refractivity contribution in [3.63, 3.8) is 0 Å². The van der Waals surface area contributed by atoms with Crippen LogP contribution in [-0.2, 0) is 59.2 Å². The number of ketones is 3. The van der Waals surface area contributed by atoms with Crippen LogP contribution in [0.15, 0.2) is 121 Å². The third kappa shape index (κ3) is 12.4. The van der Waals surface area contributed by atoms with Gasteiger partial charge in [0.2, 0.25) is 0 Å². The normalized spacial score (nSPS) is 16.6. The molecule has 0 radical (unpaired) electrons. The number of carboxylic acid groups (broad SMARTS) is 1. The average Bonchev–Trinajstić information content (AvgIpc) is 3.61. The molecule has 0 spiro atoms. The van der Waals surface area contributed by atoms with Crippen molar-refractivity contribution in [1.29, 1.82) is 0 Å². The summed E-state index contributed by atoms with van der Waals surface area (Å²) >= 11 is 24.6. The molecule has 9 rings (SSSR count). The lowest BCUT2D eigenvalue weighted by Gasteiger charge is -2.36. The zero-order chi connectivity index (χ0) is 59.9. The van der Waals surface area contributed by atoms with Crippen LogP contribution < -0.4 is 5.32 Å². The maximum Gasteiger partial charge on any atom is 0.471 e. The maximum atomic E-state index is 12.9. The van der Waals surface area contributed by atoms with E-state index in [0.29, 0.717) is 51.1 Å². The number of aromatic hydroxyl groups is 2. The van der Waals surface area contributed by atoms with E-state index >= 15 is 0 Å². The van der Waals surface area contributed by atoms with Gasteiger partial charge in [0, 0.05) is 51.6 Å². The first-order chi connectivity index (χ1) is 37.0. The monoisotopic (exact) mass is 1220 g/mol. The van der Waals surface area contributed by atoms with Crippen molar-refractivity contribution in [2.45, 2.75) is 67.3 Å². The van der Waals surface area contributed by atoms with Gasteiger partial charge in [-0.05, 0) is 84.3 Å². The van der Waals surface area contributed by atoms with Crippen LogP contribution in [-0.4, -0.2) is 102 Å². The number of carbonyl (C=O) groups is 6. The molecule has 0 saturated heterocycles. The van der Waals surface area contributed by atoms with Crippen molar-refractivity contribution >= 4 is 131 Å². The third-order valence-corrected chi connectivity index (χ3v) is 15.9. The van der Waals surface area contributed by atoms with E-state index in [1.807, 2.05) is 13.8 Å². The molecule has 0 bridgehead atoms. The van der Waals surface area contributed by atoms with Crippen molar-refractivity contribution in [1.82, 2.24) is 5.32 Å². The van der Waals surface area contributed by atoms with Crippen molar-refractivity contribution in [2.75, 3.05) is 6.54 Å². The molecule has 29 heteroatoms. The van der Waals surface area contributed by atoms with Crippen LogP contribution >= 0.6 is 46.4 Å². The molecular formula is C51H35Cl4F3N3O17S2-. The average molecular weight is 1220 g/mol. The number of benzene rings is 4. The van der Waals surface area contributed by atoms with Gasteiger partial charge in [-0.1, -0.05) is 86.2 Å². The zero-order valence-corrected chi connectivity index (χ0v) is 45.7. The highest BCUT2D eigenvalue weighted by Crippen LogP contribution is 2.53. The molecule has 3 heterocycles. The predicted octanol–water partition coefficient (Wildman–Crippen LogP) is 8.90. The molecule has 1 amide bonds. The number of phenolic OH excluding ortho intramolecular Hbond substituents is 2. The van der Waals surface area contributed by atoms with E-state index in [-0.39, 0.29) is 72.2 Å². The molecule has 3 aliphatic heterocycles. The summed E-state index contributed by atoms with van der Waals surface area (Å²) < 4.78 is 98.2. The third-order valence-electron chi connectivity index (χ3n) is 12.5. The minimum atomic E-state index is -5.14. The Labute approximate surface area is 470 Å². The first-order valence-electron chi connectivity index (χ1n) is 22.3. The number of alkyl halides is 3. The Morgan fingerprint density at radius 2 is 1.25 bits per heavy atom. The highest BCUT2D eigenvalue weighted by atomic mass is 35.5. The van der Waals surface area contributed by atoms with Crippen LogP contribution in [0.2, 0.25) is 20.1 Å². The molecule has 0 aromatic heterocycles. The number of hydrogen-bond donors (Lipinski definition) is 4. The van der Waals surface area contributed by atoms with Crippen LogP contribution in [0.3, 0.4) is 0 Å². The lowest BCUT2D eigenvalue weighted by atomic mass is 9.70. The summed E-state index contributed by atoms with van der Waals surface area (Å²) in [6, 6.07) is 11.4.